The van der Waals surface area contributed by atoms with Crippen molar-refractivity contribution in [3.63, 3.8) is 0 Å². The van der Waals surface area contributed by atoms with Crippen molar-refractivity contribution in [3.05, 3.63) is 60.0 Å². The van der Waals surface area contributed by atoms with Gasteiger partial charge >= 0.3 is 6.18 Å². The minimum atomic E-state index is -4.45. The summed E-state index contributed by atoms with van der Waals surface area (Å²) in [5.41, 5.74) is 0.257. The van der Waals surface area contributed by atoms with Crippen LogP contribution in [-0.4, -0.2) is 45.5 Å². The fourth-order valence-electron chi connectivity index (χ4n) is 5.56. The number of nitrogens with zero attached hydrogens (tertiary/aromatic N) is 3. The number of carbonyl (C=O) groups excluding carboxylic acids is 1. The number of ether oxygens (including phenoxy) is 1. The zero-order chi connectivity index (χ0) is 23.0. The van der Waals surface area contributed by atoms with E-state index >= 15 is 0 Å². The number of aromatic nitrogens is 2. The van der Waals surface area contributed by atoms with E-state index in [0.29, 0.717) is 29.6 Å². The van der Waals surface area contributed by atoms with Crippen LogP contribution >= 0.6 is 0 Å². The van der Waals surface area contributed by atoms with Gasteiger partial charge in [0, 0.05) is 30.3 Å². The van der Waals surface area contributed by atoms with Crippen LogP contribution in [0.2, 0.25) is 0 Å². The summed E-state index contributed by atoms with van der Waals surface area (Å²) in [5.74, 6) is 0.775. The van der Waals surface area contributed by atoms with E-state index in [9.17, 15) is 18.0 Å². The van der Waals surface area contributed by atoms with Gasteiger partial charge in [-0.3, -0.25) is 4.79 Å². The van der Waals surface area contributed by atoms with E-state index in [-0.39, 0.29) is 35.4 Å². The number of likely N-dealkylation sites (tertiary alicyclic amines) is 1. The van der Waals surface area contributed by atoms with Gasteiger partial charge in [-0.25, -0.2) is 9.97 Å². The Labute approximate surface area is 187 Å². The molecule has 2 aromatic rings. The molecule has 2 aliphatic carbocycles. The standard InChI is InChI=1S/C23H21F3N4O3/c1-12-2-4-15(18(29-12)20-27-6-7-32-20)21(31)30-11-14-8-22(14)9-16(19(22)30)33-17-5-3-13(10-28-17)23(24,25)26/h2-7,10,12,14,16,19,29H,8-9,11H2,1H3. The number of piperidine rings is 1. The minimum absolute atomic E-state index is 0.0207. The van der Waals surface area contributed by atoms with E-state index in [1.807, 2.05) is 17.9 Å². The molecule has 4 aliphatic rings. The maximum atomic E-state index is 13.6. The van der Waals surface area contributed by atoms with Crippen LogP contribution in [0, 0.1) is 11.3 Å². The van der Waals surface area contributed by atoms with Crippen molar-refractivity contribution in [2.45, 2.75) is 44.1 Å². The van der Waals surface area contributed by atoms with Crippen molar-refractivity contribution in [2.24, 2.45) is 11.3 Å². The molecule has 172 valence electrons. The van der Waals surface area contributed by atoms with Crippen molar-refractivity contribution in [2.75, 3.05) is 6.54 Å². The SMILES string of the molecule is CC1C=CC(C(=O)N2CC3CC34CC(Oc3ccc(C(F)(F)F)cn3)C24)=C(c2ncco2)N1. The highest BCUT2D eigenvalue weighted by Gasteiger charge is 2.76. The largest absolute Gasteiger partial charge is 0.472 e. The second-order valence-corrected chi connectivity index (χ2v) is 9.20. The number of halogens is 3. The summed E-state index contributed by atoms with van der Waals surface area (Å²) in [5, 5.41) is 3.26. The Morgan fingerprint density at radius 3 is 2.85 bits per heavy atom. The number of pyridine rings is 1. The van der Waals surface area contributed by atoms with Gasteiger partial charge in [0.1, 0.15) is 18.1 Å². The molecular weight excluding hydrogens is 437 g/mol. The number of dihydropyridines is 1. The summed E-state index contributed by atoms with van der Waals surface area (Å²) in [4.78, 5) is 23.5. The van der Waals surface area contributed by atoms with Crippen LogP contribution in [0.15, 0.2) is 52.9 Å². The number of hydrogen-bond acceptors (Lipinski definition) is 6. The molecule has 1 amide bonds. The van der Waals surface area contributed by atoms with Gasteiger partial charge in [-0.05, 0) is 37.8 Å². The number of carbonyl (C=O) groups is 1. The molecule has 0 aromatic carbocycles. The van der Waals surface area contributed by atoms with Crippen molar-refractivity contribution in [3.8, 4) is 5.88 Å². The summed E-state index contributed by atoms with van der Waals surface area (Å²) >= 11 is 0. The third-order valence-corrected chi connectivity index (χ3v) is 7.22. The van der Waals surface area contributed by atoms with Gasteiger partial charge in [0.25, 0.3) is 5.91 Å². The Morgan fingerprint density at radius 1 is 1.30 bits per heavy atom. The fraction of sp³-hybridized carbons (Fsp3) is 0.435. The number of nitrogens with one attached hydrogen (secondary N) is 1. The van der Waals surface area contributed by atoms with Crippen molar-refractivity contribution in [1.29, 1.82) is 0 Å². The first-order valence-corrected chi connectivity index (χ1v) is 10.9. The number of rotatable bonds is 4. The van der Waals surface area contributed by atoms with Gasteiger partial charge in [0.05, 0.1) is 23.4 Å². The molecule has 10 heteroatoms. The Balaban J connectivity index is 1.24. The fourth-order valence-corrected chi connectivity index (χ4v) is 5.56. The van der Waals surface area contributed by atoms with Crippen molar-refractivity contribution >= 4 is 11.6 Å². The lowest BCUT2D eigenvalue weighted by atomic mass is 9.73. The molecule has 7 nitrogen and oxygen atoms in total. The average molecular weight is 458 g/mol. The first kappa shape index (κ1) is 20.3. The predicted molar refractivity (Wildman–Crippen MR) is 109 cm³/mol. The molecule has 0 bridgehead atoms. The molecule has 33 heavy (non-hydrogen) atoms. The van der Waals surface area contributed by atoms with Gasteiger partial charge in [0.15, 0.2) is 0 Å². The topological polar surface area (TPSA) is 80.5 Å². The van der Waals surface area contributed by atoms with E-state index in [4.69, 9.17) is 9.15 Å². The summed E-state index contributed by atoms with van der Waals surface area (Å²) < 4.78 is 49.8. The molecule has 3 fully saturated rings. The van der Waals surface area contributed by atoms with Gasteiger partial charge in [-0.2, -0.15) is 13.2 Å². The zero-order valence-electron chi connectivity index (χ0n) is 17.7. The molecule has 4 heterocycles. The highest BCUT2D eigenvalue weighted by atomic mass is 19.4. The molecule has 5 unspecified atom stereocenters. The van der Waals surface area contributed by atoms with Crippen LogP contribution in [0.5, 0.6) is 5.88 Å². The van der Waals surface area contributed by atoms with Gasteiger partial charge in [-0.1, -0.05) is 6.08 Å². The zero-order valence-corrected chi connectivity index (χ0v) is 17.7. The predicted octanol–water partition coefficient (Wildman–Crippen LogP) is 3.42. The quantitative estimate of drug-likeness (QED) is 0.757. The molecule has 6 rings (SSSR count). The van der Waals surface area contributed by atoms with E-state index in [2.05, 4.69) is 15.3 Å². The van der Waals surface area contributed by atoms with Gasteiger partial charge in [-0.15, -0.1) is 0 Å². The van der Waals surface area contributed by atoms with Crippen LogP contribution in [0.4, 0.5) is 13.2 Å². The maximum Gasteiger partial charge on any atom is 0.417 e. The van der Waals surface area contributed by atoms with Crippen molar-refractivity contribution in [1.82, 2.24) is 20.2 Å². The van der Waals surface area contributed by atoms with E-state index in [1.165, 1.54) is 18.5 Å². The Morgan fingerprint density at radius 2 is 2.15 bits per heavy atom. The molecule has 2 aliphatic heterocycles. The van der Waals surface area contributed by atoms with E-state index in [0.717, 1.165) is 25.1 Å². The lowest BCUT2D eigenvalue weighted by Crippen LogP contribution is -2.59. The van der Waals surface area contributed by atoms with Crippen LogP contribution in [0.1, 0.15) is 31.2 Å². The molecule has 0 radical (unpaired) electrons. The summed E-state index contributed by atoms with van der Waals surface area (Å²) in [6.45, 7) is 2.60. The smallest absolute Gasteiger partial charge is 0.417 e. The number of amides is 1. The monoisotopic (exact) mass is 458 g/mol. The summed E-state index contributed by atoms with van der Waals surface area (Å²) in [7, 11) is 0. The van der Waals surface area contributed by atoms with E-state index in [1.54, 1.807) is 6.08 Å². The third-order valence-electron chi connectivity index (χ3n) is 7.22. The highest BCUT2D eigenvalue weighted by molar-refractivity contribution is 6.04. The normalized spacial score (nSPS) is 32.1. The van der Waals surface area contributed by atoms with Crippen LogP contribution in [-0.2, 0) is 11.0 Å². The van der Waals surface area contributed by atoms with Crippen LogP contribution < -0.4 is 10.1 Å². The van der Waals surface area contributed by atoms with E-state index < -0.39 is 11.7 Å². The van der Waals surface area contributed by atoms with Gasteiger partial charge in [0.2, 0.25) is 11.8 Å². The second kappa shape index (κ2) is 6.85. The lowest BCUT2D eigenvalue weighted by Gasteiger charge is -2.47. The molecule has 2 aromatic heterocycles. The Kier molecular flexibility index (Phi) is 4.22. The Hall–Kier alpha value is -3.30. The third kappa shape index (κ3) is 3.14. The molecule has 1 spiro atoms. The maximum absolute atomic E-state index is 13.6. The van der Waals surface area contributed by atoms with Gasteiger partial charge < -0.3 is 19.4 Å². The minimum Gasteiger partial charge on any atom is -0.472 e. The average Bonchev–Trinajstić information content (AvgIpc) is 3.14. The number of oxazole rings is 1. The Bertz CT molecular complexity index is 1160. The molecule has 2 saturated carbocycles. The van der Waals surface area contributed by atoms with Crippen LogP contribution in [0.25, 0.3) is 5.70 Å². The molecule has 1 saturated heterocycles. The number of hydrogen-bond donors (Lipinski definition) is 1. The van der Waals surface area contributed by atoms with Crippen LogP contribution in [0.3, 0.4) is 0 Å². The molecule has 5 atom stereocenters. The molecule has 1 N–H and O–H groups in total. The first-order chi connectivity index (χ1) is 15.8. The van der Waals surface area contributed by atoms with Crippen molar-refractivity contribution < 1.29 is 27.1 Å². The molecular formula is C23H21F3N4O3. The highest BCUT2D eigenvalue weighted by Crippen LogP contribution is 2.71. The number of alkyl halides is 3. The second-order valence-electron chi connectivity index (χ2n) is 9.20. The summed E-state index contributed by atoms with van der Waals surface area (Å²) in [6, 6.07) is 2.08. The summed E-state index contributed by atoms with van der Waals surface area (Å²) in [6.07, 6.45) is 4.52. The first-order valence-electron chi connectivity index (χ1n) is 10.9. The lowest BCUT2D eigenvalue weighted by molar-refractivity contribution is -0.138.